The number of nitrogens with zero attached hydrogens (tertiary/aromatic N) is 2. The number of halogens is 2. The quantitative estimate of drug-likeness (QED) is 0.468. The molecular formula is C14H8BrFN2O3. The summed E-state index contributed by atoms with van der Waals surface area (Å²) in [6, 6.07) is 10.2. The summed E-state index contributed by atoms with van der Waals surface area (Å²) in [6.45, 7) is 0. The molecule has 0 saturated carbocycles. The fourth-order valence-electron chi connectivity index (χ4n) is 1.66. The SMILES string of the molecule is N#Cc1cc(CBr)ccc1Oc1ccc([N+](=O)[O-])c(F)c1. The van der Waals surface area contributed by atoms with E-state index in [-0.39, 0.29) is 11.5 Å². The van der Waals surface area contributed by atoms with Crippen molar-refractivity contribution in [2.24, 2.45) is 0 Å². The van der Waals surface area contributed by atoms with Gasteiger partial charge in [-0.3, -0.25) is 10.1 Å². The van der Waals surface area contributed by atoms with Crippen molar-refractivity contribution in [2.75, 3.05) is 0 Å². The lowest BCUT2D eigenvalue weighted by molar-refractivity contribution is -0.387. The number of benzene rings is 2. The highest BCUT2D eigenvalue weighted by atomic mass is 79.9. The third kappa shape index (κ3) is 3.35. The number of alkyl halides is 1. The Morgan fingerprint density at radius 2 is 2.10 bits per heavy atom. The molecule has 0 spiro atoms. The number of rotatable bonds is 4. The normalized spacial score (nSPS) is 9.95. The lowest BCUT2D eigenvalue weighted by Gasteiger charge is -2.08. The summed E-state index contributed by atoms with van der Waals surface area (Å²) in [7, 11) is 0. The Morgan fingerprint density at radius 1 is 1.33 bits per heavy atom. The molecular weight excluding hydrogens is 343 g/mol. The summed E-state index contributed by atoms with van der Waals surface area (Å²) < 4.78 is 18.9. The van der Waals surface area contributed by atoms with Crippen LogP contribution in [0.5, 0.6) is 11.5 Å². The van der Waals surface area contributed by atoms with Crippen LogP contribution in [0.15, 0.2) is 36.4 Å². The zero-order valence-corrected chi connectivity index (χ0v) is 12.1. The maximum Gasteiger partial charge on any atom is 0.305 e. The minimum absolute atomic E-state index is 0.0844. The van der Waals surface area contributed by atoms with Gasteiger partial charge in [-0.15, -0.1) is 0 Å². The average Bonchev–Trinajstić information content (AvgIpc) is 2.47. The van der Waals surface area contributed by atoms with Crippen LogP contribution in [0.25, 0.3) is 0 Å². The van der Waals surface area contributed by atoms with E-state index in [4.69, 9.17) is 10.00 Å². The lowest BCUT2D eigenvalue weighted by atomic mass is 10.1. The summed E-state index contributed by atoms with van der Waals surface area (Å²) in [5.41, 5.74) is 0.567. The molecule has 0 heterocycles. The first kappa shape index (κ1) is 14.9. The Labute approximate surface area is 127 Å². The predicted molar refractivity (Wildman–Crippen MR) is 76.9 cm³/mol. The molecule has 0 bridgehead atoms. The van der Waals surface area contributed by atoms with E-state index >= 15 is 0 Å². The molecule has 0 unspecified atom stereocenters. The molecule has 0 aliphatic heterocycles. The number of ether oxygens (including phenoxy) is 1. The van der Waals surface area contributed by atoms with Crippen molar-refractivity contribution < 1.29 is 14.1 Å². The first-order chi connectivity index (χ1) is 10.0. The number of nitro benzene ring substituents is 1. The van der Waals surface area contributed by atoms with Gasteiger partial charge in [0.25, 0.3) is 0 Å². The second kappa shape index (κ2) is 6.33. The number of nitriles is 1. The lowest BCUT2D eigenvalue weighted by Crippen LogP contribution is -1.94. The monoisotopic (exact) mass is 350 g/mol. The van der Waals surface area contributed by atoms with Gasteiger partial charge < -0.3 is 4.74 Å². The van der Waals surface area contributed by atoms with Gasteiger partial charge >= 0.3 is 5.69 Å². The number of hydrogen-bond donors (Lipinski definition) is 0. The summed E-state index contributed by atoms with van der Waals surface area (Å²) in [4.78, 5) is 9.72. The van der Waals surface area contributed by atoms with Crippen molar-refractivity contribution in [1.29, 1.82) is 5.26 Å². The fraction of sp³-hybridized carbons (Fsp3) is 0.0714. The van der Waals surface area contributed by atoms with Crippen LogP contribution in [-0.4, -0.2) is 4.92 Å². The fourth-order valence-corrected chi connectivity index (χ4v) is 2.01. The summed E-state index contributed by atoms with van der Waals surface area (Å²) in [5, 5.41) is 20.2. The van der Waals surface area contributed by atoms with Crippen LogP contribution >= 0.6 is 15.9 Å². The molecule has 7 heteroatoms. The van der Waals surface area contributed by atoms with E-state index in [0.29, 0.717) is 10.9 Å². The summed E-state index contributed by atoms with van der Waals surface area (Å²) in [6.07, 6.45) is 0. The predicted octanol–water partition coefficient (Wildman–Crippen LogP) is 4.29. The molecule has 21 heavy (non-hydrogen) atoms. The van der Waals surface area contributed by atoms with Gasteiger partial charge in [0.05, 0.1) is 10.5 Å². The topological polar surface area (TPSA) is 76.2 Å². The van der Waals surface area contributed by atoms with Crippen LogP contribution in [0.1, 0.15) is 11.1 Å². The van der Waals surface area contributed by atoms with Crippen LogP contribution in [0.4, 0.5) is 10.1 Å². The van der Waals surface area contributed by atoms with Gasteiger partial charge in [0.15, 0.2) is 0 Å². The van der Waals surface area contributed by atoms with Crippen LogP contribution in [0.3, 0.4) is 0 Å². The smallest absolute Gasteiger partial charge is 0.305 e. The van der Waals surface area contributed by atoms with Crippen LogP contribution in [-0.2, 0) is 5.33 Å². The van der Waals surface area contributed by atoms with Gasteiger partial charge in [-0.25, -0.2) is 0 Å². The van der Waals surface area contributed by atoms with Crippen molar-refractivity contribution in [3.8, 4) is 17.6 Å². The van der Waals surface area contributed by atoms with Gasteiger partial charge in [-0.1, -0.05) is 22.0 Å². The van der Waals surface area contributed by atoms with Crippen LogP contribution in [0, 0.1) is 27.3 Å². The van der Waals surface area contributed by atoms with E-state index in [9.17, 15) is 14.5 Å². The number of hydrogen-bond acceptors (Lipinski definition) is 4. The summed E-state index contributed by atoms with van der Waals surface area (Å²) >= 11 is 3.28. The average molecular weight is 351 g/mol. The molecule has 106 valence electrons. The van der Waals surface area contributed by atoms with Crippen molar-refractivity contribution in [1.82, 2.24) is 0 Å². The van der Waals surface area contributed by atoms with Crippen molar-refractivity contribution >= 4 is 21.6 Å². The minimum Gasteiger partial charge on any atom is -0.456 e. The standard InChI is InChI=1S/C14H8BrFN2O3/c15-7-9-1-4-14(10(5-9)8-17)21-11-2-3-13(18(19)20)12(16)6-11/h1-6H,7H2. The Kier molecular flexibility index (Phi) is 4.50. The Morgan fingerprint density at radius 3 is 2.67 bits per heavy atom. The van der Waals surface area contributed by atoms with Crippen molar-refractivity contribution in [3.05, 3.63) is 63.5 Å². The highest BCUT2D eigenvalue weighted by Gasteiger charge is 2.15. The molecule has 0 N–H and O–H groups in total. The van der Waals surface area contributed by atoms with Gasteiger partial charge in [0, 0.05) is 17.5 Å². The second-order valence-electron chi connectivity index (χ2n) is 4.05. The highest BCUT2D eigenvalue weighted by molar-refractivity contribution is 9.08. The molecule has 0 aromatic heterocycles. The van der Waals surface area contributed by atoms with Crippen LogP contribution < -0.4 is 4.74 Å². The molecule has 0 aliphatic carbocycles. The molecule has 0 saturated heterocycles. The largest absolute Gasteiger partial charge is 0.456 e. The van der Waals surface area contributed by atoms with E-state index in [0.717, 1.165) is 17.7 Å². The van der Waals surface area contributed by atoms with Crippen LogP contribution in [0.2, 0.25) is 0 Å². The zero-order chi connectivity index (χ0) is 15.4. The highest BCUT2D eigenvalue weighted by Crippen LogP contribution is 2.29. The Bertz CT molecular complexity index is 743. The van der Waals surface area contributed by atoms with E-state index in [1.54, 1.807) is 18.2 Å². The van der Waals surface area contributed by atoms with E-state index in [2.05, 4.69) is 15.9 Å². The Balaban J connectivity index is 2.32. The third-order valence-corrected chi connectivity index (χ3v) is 3.31. The van der Waals surface area contributed by atoms with Gasteiger partial charge in [0.2, 0.25) is 5.82 Å². The molecule has 0 amide bonds. The molecule has 0 atom stereocenters. The van der Waals surface area contributed by atoms with E-state index < -0.39 is 16.4 Å². The Hall–Kier alpha value is -2.46. The first-order valence-corrected chi connectivity index (χ1v) is 6.88. The molecule has 2 rings (SSSR count). The van der Waals surface area contributed by atoms with E-state index in [1.807, 2.05) is 6.07 Å². The van der Waals surface area contributed by atoms with Gasteiger partial charge in [-0.05, 0) is 23.8 Å². The van der Waals surface area contributed by atoms with Crippen molar-refractivity contribution in [3.63, 3.8) is 0 Å². The number of nitro groups is 1. The third-order valence-electron chi connectivity index (χ3n) is 2.66. The molecule has 0 fully saturated rings. The van der Waals surface area contributed by atoms with Gasteiger partial charge in [0.1, 0.15) is 17.6 Å². The van der Waals surface area contributed by atoms with Crippen molar-refractivity contribution in [2.45, 2.75) is 5.33 Å². The molecule has 5 nitrogen and oxygen atoms in total. The molecule has 2 aromatic carbocycles. The zero-order valence-electron chi connectivity index (χ0n) is 10.5. The molecule has 0 radical (unpaired) electrons. The summed E-state index contributed by atoms with van der Waals surface area (Å²) in [5.74, 6) is -0.648. The maximum atomic E-state index is 13.5. The first-order valence-electron chi connectivity index (χ1n) is 5.76. The molecule has 0 aliphatic rings. The maximum absolute atomic E-state index is 13.5. The second-order valence-corrected chi connectivity index (χ2v) is 4.61. The molecule has 2 aromatic rings. The minimum atomic E-state index is -0.993. The van der Waals surface area contributed by atoms with E-state index in [1.165, 1.54) is 6.07 Å². The van der Waals surface area contributed by atoms with Gasteiger partial charge in [-0.2, -0.15) is 9.65 Å².